The van der Waals surface area contributed by atoms with Crippen molar-refractivity contribution in [2.45, 2.75) is 12.8 Å². The number of ether oxygens (including phenoxy) is 1. The smallest absolute Gasteiger partial charge is 0.297 e. The molecule has 0 saturated carbocycles. The molecule has 0 N–H and O–H groups in total. The number of amides is 1. The first kappa shape index (κ1) is 15.4. The number of para-hydroxylation sites is 2. The summed E-state index contributed by atoms with van der Waals surface area (Å²) in [5.41, 5.74) is 2.79. The summed E-state index contributed by atoms with van der Waals surface area (Å²) in [5.74, 6) is 0.792. The fourth-order valence-corrected chi connectivity index (χ4v) is 2.96. The third-order valence-electron chi connectivity index (χ3n) is 4.26. The van der Waals surface area contributed by atoms with Gasteiger partial charge in [0, 0.05) is 6.07 Å². The van der Waals surface area contributed by atoms with Crippen LogP contribution in [0.1, 0.15) is 21.8 Å². The van der Waals surface area contributed by atoms with Crippen LogP contribution >= 0.6 is 0 Å². The summed E-state index contributed by atoms with van der Waals surface area (Å²) in [6, 6.07) is 19.4. The minimum Gasteiger partial charge on any atom is -0.490 e. The van der Waals surface area contributed by atoms with E-state index >= 15 is 0 Å². The highest BCUT2D eigenvalue weighted by atomic mass is 16.5. The molecule has 1 amide bonds. The van der Waals surface area contributed by atoms with E-state index in [4.69, 9.17) is 9.26 Å². The molecular weight excluding hydrogens is 316 g/mol. The predicted octanol–water partition coefficient (Wildman–Crippen LogP) is 3.50. The molecule has 0 aliphatic carbocycles. The lowest BCUT2D eigenvalue weighted by Crippen LogP contribution is -2.37. The molecule has 0 fully saturated rings. The molecule has 0 unspecified atom stereocenters. The highest BCUT2D eigenvalue weighted by Crippen LogP contribution is 2.32. The van der Waals surface area contributed by atoms with E-state index < -0.39 is 0 Å². The van der Waals surface area contributed by atoms with Crippen molar-refractivity contribution < 1.29 is 14.1 Å². The normalized spacial score (nSPS) is 13.2. The van der Waals surface area contributed by atoms with Gasteiger partial charge < -0.3 is 9.26 Å². The van der Waals surface area contributed by atoms with Gasteiger partial charge in [0.05, 0.1) is 17.9 Å². The van der Waals surface area contributed by atoms with Gasteiger partial charge in [0.2, 0.25) is 5.76 Å². The maximum Gasteiger partial charge on any atom is 0.297 e. The Morgan fingerprint density at radius 3 is 2.72 bits per heavy atom. The second kappa shape index (κ2) is 6.81. The van der Waals surface area contributed by atoms with Crippen molar-refractivity contribution >= 4 is 11.6 Å². The van der Waals surface area contributed by atoms with Gasteiger partial charge in [-0.3, -0.25) is 9.69 Å². The first-order chi connectivity index (χ1) is 12.3. The van der Waals surface area contributed by atoms with Crippen LogP contribution in [0.2, 0.25) is 0 Å². The zero-order valence-electron chi connectivity index (χ0n) is 13.7. The predicted molar refractivity (Wildman–Crippen MR) is 94.0 cm³/mol. The topological polar surface area (TPSA) is 55.6 Å². The van der Waals surface area contributed by atoms with Crippen molar-refractivity contribution in [3.05, 3.63) is 77.7 Å². The number of carbonyl (C=O) groups is 1. The fourth-order valence-electron chi connectivity index (χ4n) is 2.96. The zero-order valence-corrected chi connectivity index (χ0v) is 13.7. The number of hydrogen-bond acceptors (Lipinski definition) is 4. The minimum atomic E-state index is -0.186. The van der Waals surface area contributed by atoms with Gasteiger partial charge in [0.25, 0.3) is 5.91 Å². The molecule has 25 heavy (non-hydrogen) atoms. The summed E-state index contributed by atoms with van der Waals surface area (Å²) in [7, 11) is 0. The lowest BCUT2D eigenvalue weighted by atomic mass is 10.1. The van der Waals surface area contributed by atoms with Gasteiger partial charge in [-0.15, -0.1) is 0 Å². The van der Waals surface area contributed by atoms with Gasteiger partial charge in [-0.1, -0.05) is 47.6 Å². The highest BCUT2D eigenvalue weighted by molar-refractivity contribution is 6.05. The molecule has 126 valence electrons. The Morgan fingerprint density at radius 1 is 1.04 bits per heavy atom. The first-order valence-electron chi connectivity index (χ1n) is 8.34. The van der Waals surface area contributed by atoms with E-state index in [1.54, 1.807) is 11.0 Å². The summed E-state index contributed by atoms with van der Waals surface area (Å²) >= 11 is 0. The van der Waals surface area contributed by atoms with Crippen molar-refractivity contribution in [1.82, 2.24) is 5.16 Å². The Morgan fingerprint density at radius 2 is 1.84 bits per heavy atom. The van der Waals surface area contributed by atoms with Crippen LogP contribution in [0.3, 0.4) is 0 Å². The van der Waals surface area contributed by atoms with Gasteiger partial charge in [0.15, 0.2) is 0 Å². The molecule has 5 nitrogen and oxygen atoms in total. The maximum absolute atomic E-state index is 12.8. The minimum absolute atomic E-state index is 0.186. The lowest BCUT2D eigenvalue weighted by molar-refractivity contribution is 0.0941. The molecule has 0 bridgehead atoms. The fraction of sp³-hybridized carbons (Fsp3) is 0.200. The van der Waals surface area contributed by atoms with Gasteiger partial charge in [0.1, 0.15) is 12.4 Å². The average Bonchev–Trinajstić information content (AvgIpc) is 3.15. The van der Waals surface area contributed by atoms with Gasteiger partial charge >= 0.3 is 0 Å². The number of hydrogen-bond donors (Lipinski definition) is 0. The average molecular weight is 334 g/mol. The molecule has 2 aromatic carbocycles. The molecule has 0 atom stereocenters. The molecule has 0 radical (unpaired) electrons. The molecule has 3 aromatic rings. The van der Waals surface area contributed by atoms with Crippen LogP contribution < -0.4 is 9.64 Å². The number of aromatic nitrogens is 1. The molecule has 4 rings (SSSR count). The van der Waals surface area contributed by atoms with Crippen molar-refractivity contribution in [3.8, 4) is 5.75 Å². The zero-order chi connectivity index (χ0) is 17.1. The molecule has 1 aliphatic heterocycles. The van der Waals surface area contributed by atoms with Crippen LogP contribution in [0.4, 0.5) is 5.69 Å². The number of benzene rings is 2. The standard InChI is InChI=1S/C20H18N2O3/c23-20(22-12-13-24-18-9-5-4-8-17(18)22)19-14-16(21-25-19)11-10-15-6-2-1-3-7-15/h1-9,14H,10-13H2. The summed E-state index contributed by atoms with van der Waals surface area (Å²) in [6.07, 6.45) is 1.60. The Bertz CT molecular complexity index is 873. The van der Waals surface area contributed by atoms with E-state index in [1.165, 1.54) is 5.56 Å². The van der Waals surface area contributed by atoms with Gasteiger partial charge in [-0.2, -0.15) is 0 Å². The largest absolute Gasteiger partial charge is 0.490 e. The SMILES string of the molecule is O=C(c1cc(CCc2ccccc2)no1)N1CCOc2ccccc21. The second-order valence-corrected chi connectivity index (χ2v) is 5.94. The maximum atomic E-state index is 12.8. The molecular formula is C20H18N2O3. The molecule has 0 saturated heterocycles. The van der Waals surface area contributed by atoms with E-state index in [9.17, 15) is 4.79 Å². The number of aryl methyl sites for hydroxylation is 2. The monoisotopic (exact) mass is 334 g/mol. The van der Waals surface area contributed by atoms with Crippen LogP contribution in [0, 0.1) is 0 Å². The summed E-state index contributed by atoms with van der Waals surface area (Å²) in [6.45, 7) is 0.966. The Labute approximate surface area is 145 Å². The van der Waals surface area contributed by atoms with Crippen molar-refractivity contribution in [2.75, 3.05) is 18.1 Å². The van der Waals surface area contributed by atoms with E-state index in [0.717, 1.165) is 24.2 Å². The number of carbonyl (C=O) groups excluding carboxylic acids is 1. The Balaban J connectivity index is 1.48. The Kier molecular flexibility index (Phi) is 4.21. The van der Waals surface area contributed by atoms with Crippen LogP contribution in [-0.2, 0) is 12.8 Å². The third kappa shape index (κ3) is 3.26. The van der Waals surface area contributed by atoms with E-state index in [-0.39, 0.29) is 11.7 Å². The van der Waals surface area contributed by atoms with Crippen molar-refractivity contribution in [3.63, 3.8) is 0 Å². The quantitative estimate of drug-likeness (QED) is 0.733. The van der Waals surface area contributed by atoms with Crippen molar-refractivity contribution in [1.29, 1.82) is 0 Å². The third-order valence-corrected chi connectivity index (χ3v) is 4.26. The lowest BCUT2D eigenvalue weighted by Gasteiger charge is -2.28. The number of fused-ring (bicyclic) bond motifs is 1. The van der Waals surface area contributed by atoms with E-state index in [0.29, 0.717) is 18.9 Å². The first-order valence-corrected chi connectivity index (χ1v) is 8.34. The number of anilines is 1. The van der Waals surface area contributed by atoms with E-state index in [1.807, 2.05) is 42.5 Å². The van der Waals surface area contributed by atoms with Gasteiger partial charge in [-0.05, 0) is 30.5 Å². The second-order valence-electron chi connectivity index (χ2n) is 5.94. The highest BCUT2D eigenvalue weighted by Gasteiger charge is 2.27. The van der Waals surface area contributed by atoms with Crippen LogP contribution in [-0.4, -0.2) is 24.2 Å². The van der Waals surface area contributed by atoms with Gasteiger partial charge in [-0.25, -0.2) is 0 Å². The number of nitrogens with zero attached hydrogens (tertiary/aromatic N) is 2. The summed E-state index contributed by atoms with van der Waals surface area (Å²) in [4.78, 5) is 14.5. The summed E-state index contributed by atoms with van der Waals surface area (Å²) < 4.78 is 10.9. The van der Waals surface area contributed by atoms with Crippen molar-refractivity contribution in [2.24, 2.45) is 0 Å². The molecule has 0 spiro atoms. The molecule has 1 aromatic heterocycles. The number of rotatable bonds is 4. The molecule has 1 aliphatic rings. The van der Waals surface area contributed by atoms with E-state index in [2.05, 4.69) is 17.3 Å². The molecule has 2 heterocycles. The van der Waals surface area contributed by atoms with Crippen LogP contribution in [0.25, 0.3) is 0 Å². The summed E-state index contributed by atoms with van der Waals surface area (Å²) in [5, 5.41) is 4.05. The molecule has 5 heteroatoms. The van der Waals surface area contributed by atoms with Crippen LogP contribution in [0.5, 0.6) is 5.75 Å². The Hall–Kier alpha value is -3.08. The van der Waals surface area contributed by atoms with Crippen LogP contribution in [0.15, 0.2) is 65.2 Å².